The molecule has 29 atom stereocenters. The molecular weight excluding hydrogens is 976 g/mol. The van der Waals surface area contributed by atoms with Crippen LogP contribution in [0.2, 0.25) is 0 Å². The summed E-state index contributed by atoms with van der Waals surface area (Å²) in [5, 5.41) is 185. The Morgan fingerprint density at radius 1 is 0.423 bits per heavy atom. The van der Waals surface area contributed by atoms with Crippen molar-refractivity contribution in [1.82, 2.24) is 10.6 Å². The minimum absolute atomic E-state index is 0.611. The van der Waals surface area contributed by atoms with E-state index in [1.54, 1.807) is 0 Å². The third-order valence-electron chi connectivity index (χ3n) is 12.8. The molecule has 6 rings (SSSR count). The average molecular weight is 1040 g/mol. The first-order chi connectivity index (χ1) is 33.6. The summed E-state index contributed by atoms with van der Waals surface area (Å²) in [7, 11) is 0. The summed E-state index contributed by atoms with van der Waals surface area (Å²) >= 11 is 0. The van der Waals surface area contributed by atoms with Gasteiger partial charge in [0.1, 0.15) is 140 Å². The quantitative estimate of drug-likeness (QED) is 0.0643. The molecule has 6 aliphatic heterocycles. The largest absolute Gasteiger partial charge is 0.394 e. The van der Waals surface area contributed by atoms with Gasteiger partial charge < -0.3 is 150 Å². The summed E-state index contributed by atoms with van der Waals surface area (Å²) in [6.07, 6.45) is -50.6. The third-order valence-corrected chi connectivity index (χ3v) is 12.8. The molecule has 0 aromatic carbocycles. The van der Waals surface area contributed by atoms with Gasteiger partial charge in [-0.3, -0.25) is 9.59 Å². The van der Waals surface area contributed by atoms with Gasteiger partial charge in [-0.25, -0.2) is 0 Å². The SMILES string of the molecule is CC(=O)N[C@H]1[C@H](O[C@H]2[C@H](O[C@H]3O[C@H](CO)[C@@H](O)[C@H](O)[C@@H]3O)[C@@H](NC(C)=O)C(O)O[C@@H]2CO)O[C@H](CO)[C@@H](O[C@@H]2O[C@H](CO[C@H]3O[C@H](CO)[C@@H](O)[C@H](O)[C@@H]3O)[C@@H](O)[C@H](O)[C@@H]2O[C@@H]2OC[C@@H](O)[C@H](O)[C@H]2O)[C@@H]1O. The van der Waals surface area contributed by atoms with Crippen molar-refractivity contribution < 1.29 is 149 Å². The topological polar surface area (TPSA) is 504 Å². The number of aliphatic hydroxyl groups is 17. The number of hydrogen-bond donors (Lipinski definition) is 19. The average Bonchev–Trinajstić information content (AvgIpc) is 3.33. The zero-order chi connectivity index (χ0) is 52.3. The van der Waals surface area contributed by atoms with Gasteiger partial charge in [0, 0.05) is 13.8 Å². The summed E-state index contributed by atoms with van der Waals surface area (Å²) in [6, 6.07) is -3.50. The van der Waals surface area contributed by atoms with Crippen LogP contribution in [0.4, 0.5) is 0 Å². The second kappa shape index (κ2) is 25.1. The van der Waals surface area contributed by atoms with Gasteiger partial charge in [0.15, 0.2) is 37.7 Å². The third kappa shape index (κ3) is 12.7. The van der Waals surface area contributed by atoms with Gasteiger partial charge in [0.25, 0.3) is 0 Å². The maximum Gasteiger partial charge on any atom is 0.217 e. The Bertz CT molecular complexity index is 1690. The molecule has 1 unspecified atom stereocenters. The van der Waals surface area contributed by atoms with Crippen molar-refractivity contribution in [3.63, 3.8) is 0 Å². The molecule has 6 fully saturated rings. The van der Waals surface area contributed by atoms with Crippen LogP contribution in [0.25, 0.3) is 0 Å². The number of rotatable bonds is 17. The van der Waals surface area contributed by atoms with Gasteiger partial charge in [-0.1, -0.05) is 0 Å². The zero-order valence-corrected chi connectivity index (χ0v) is 37.9. The van der Waals surface area contributed by atoms with Crippen LogP contribution in [0.3, 0.4) is 0 Å². The molecule has 6 saturated heterocycles. The van der Waals surface area contributed by atoms with Crippen molar-refractivity contribution in [2.24, 2.45) is 0 Å². The number of amides is 2. The molecule has 32 heteroatoms. The standard InChI is InChI=1S/C39H66N2O30/c1-9(46)40-17-23(53)30(14(5-44)66-35(17)69-31-15(6-45)63-34(60)18(41-10(2)47)32(31)70-38-29(59)25(55)21(51)13(4-43)65-38)68-39-33(71-37-27(57)19(49)11(48)7-61-37)26(56)22(52)16(67-39)8-62-36-28(58)24(54)20(50)12(3-42)64-36/h11-39,42-45,48-60H,3-8H2,1-2H3,(H,40,46)(H,41,47)/t11-,12-,13-,14-,15-,16-,17-,18-,19+,20-,21-,22-,23-,24+,25+,26+,27-,28+,29+,30-,31-,32-,33+,34?,35+,36+,37+,38-,39+/m1/s1. The zero-order valence-electron chi connectivity index (χ0n) is 37.9. The van der Waals surface area contributed by atoms with Gasteiger partial charge in [0.2, 0.25) is 11.8 Å². The second-order valence-electron chi connectivity index (χ2n) is 17.8. The molecule has 2 amide bonds. The number of hydrogen-bond acceptors (Lipinski definition) is 30. The van der Waals surface area contributed by atoms with E-state index >= 15 is 0 Å². The minimum Gasteiger partial charge on any atom is -0.394 e. The Morgan fingerprint density at radius 2 is 0.873 bits per heavy atom. The lowest BCUT2D eigenvalue weighted by atomic mass is 9.93. The molecule has 71 heavy (non-hydrogen) atoms. The first-order valence-corrected chi connectivity index (χ1v) is 22.5. The summed E-state index contributed by atoms with van der Waals surface area (Å²) in [5.74, 6) is -1.66. The van der Waals surface area contributed by atoms with Crippen molar-refractivity contribution in [1.29, 1.82) is 0 Å². The molecule has 0 bridgehead atoms. The Morgan fingerprint density at radius 3 is 1.45 bits per heavy atom. The lowest BCUT2D eigenvalue weighted by Crippen LogP contribution is -2.71. The highest BCUT2D eigenvalue weighted by atomic mass is 16.8. The van der Waals surface area contributed by atoms with Crippen LogP contribution in [-0.4, -0.2) is 316 Å². The first-order valence-electron chi connectivity index (χ1n) is 22.5. The molecule has 0 spiro atoms. The highest BCUT2D eigenvalue weighted by molar-refractivity contribution is 5.73. The highest BCUT2D eigenvalue weighted by Gasteiger charge is 2.58. The lowest BCUT2D eigenvalue weighted by molar-refractivity contribution is -0.389. The van der Waals surface area contributed by atoms with Crippen molar-refractivity contribution in [2.75, 3.05) is 39.6 Å². The number of carbonyl (C=O) groups is 2. The molecule has 412 valence electrons. The van der Waals surface area contributed by atoms with Crippen molar-refractivity contribution in [2.45, 2.75) is 192 Å². The van der Waals surface area contributed by atoms with E-state index in [4.69, 9.17) is 52.1 Å². The van der Waals surface area contributed by atoms with E-state index in [2.05, 4.69) is 10.6 Å². The summed E-state index contributed by atoms with van der Waals surface area (Å²) in [6.45, 7) is -3.23. The molecule has 32 nitrogen and oxygen atoms in total. The summed E-state index contributed by atoms with van der Waals surface area (Å²) < 4.78 is 63.3. The predicted molar refractivity (Wildman–Crippen MR) is 216 cm³/mol. The molecule has 0 aromatic heterocycles. The van der Waals surface area contributed by atoms with Gasteiger partial charge in [-0.2, -0.15) is 0 Å². The molecule has 0 aromatic rings. The van der Waals surface area contributed by atoms with Crippen molar-refractivity contribution in [3.8, 4) is 0 Å². The van der Waals surface area contributed by atoms with Crippen LogP contribution >= 0.6 is 0 Å². The van der Waals surface area contributed by atoms with Crippen molar-refractivity contribution >= 4 is 11.8 Å². The smallest absolute Gasteiger partial charge is 0.217 e. The van der Waals surface area contributed by atoms with E-state index in [9.17, 15) is 96.4 Å². The van der Waals surface area contributed by atoms with Crippen LogP contribution in [-0.2, 0) is 61.7 Å². The van der Waals surface area contributed by atoms with E-state index < -0.39 is 229 Å². The Hall–Kier alpha value is -2.18. The van der Waals surface area contributed by atoms with Crippen LogP contribution in [0, 0.1) is 0 Å². The van der Waals surface area contributed by atoms with Gasteiger partial charge in [-0.05, 0) is 0 Å². The van der Waals surface area contributed by atoms with Crippen LogP contribution in [0.15, 0.2) is 0 Å². The van der Waals surface area contributed by atoms with E-state index in [0.29, 0.717) is 0 Å². The molecule has 0 radical (unpaired) electrons. The molecular formula is C39H66N2O30. The van der Waals surface area contributed by atoms with Gasteiger partial charge in [0.05, 0.1) is 39.6 Å². The first kappa shape index (κ1) is 58.1. The molecule has 6 heterocycles. The fourth-order valence-corrected chi connectivity index (χ4v) is 8.91. The summed E-state index contributed by atoms with van der Waals surface area (Å²) in [5.41, 5.74) is 0. The number of ether oxygens (including phenoxy) is 11. The Balaban J connectivity index is 1.30. The van der Waals surface area contributed by atoms with Crippen LogP contribution in [0.1, 0.15) is 13.8 Å². The maximum atomic E-state index is 12.8. The van der Waals surface area contributed by atoms with Crippen molar-refractivity contribution in [3.05, 3.63) is 0 Å². The lowest BCUT2D eigenvalue weighted by Gasteiger charge is -2.51. The van der Waals surface area contributed by atoms with E-state index in [1.165, 1.54) is 0 Å². The van der Waals surface area contributed by atoms with Gasteiger partial charge >= 0.3 is 0 Å². The van der Waals surface area contributed by atoms with Gasteiger partial charge in [-0.15, -0.1) is 0 Å². The van der Waals surface area contributed by atoms with Crippen LogP contribution in [0.5, 0.6) is 0 Å². The summed E-state index contributed by atoms with van der Waals surface area (Å²) in [4.78, 5) is 25.2. The van der Waals surface area contributed by atoms with E-state index in [0.717, 1.165) is 13.8 Å². The van der Waals surface area contributed by atoms with E-state index in [-0.39, 0.29) is 0 Å². The Labute approximate surface area is 402 Å². The maximum absolute atomic E-state index is 12.8. The highest BCUT2D eigenvalue weighted by Crippen LogP contribution is 2.36. The monoisotopic (exact) mass is 1040 g/mol. The fraction of sp³-hybridized carbons (Fsp3) is 0.949. The molecule has 6 aliphatic rings. The minimum atomic E-state index is -2.15. The Kier molecular flexibility index (Phi) is 20.5. The number of carbonyl (C=O) groups excluding carboxylic acids is 2. The van der Waals surface area contributed by atoms with Crippen LogP contribution < -0.4 is 10.6 Å². The number of nitrogens with one attached hydrogen (secondary N) is 2. The molecule has 19 N–H and O–H groups in total. The second-order valence-corrected chi connectivity index (χ2v) is 17.8. The molecule has 0 aliphatic carbocycles. The normalized spacial score (nSPS) is 49.8. The number of aliphatic hydroxyl groups excluding tert-OH is 17. The molecule has 0 saturated carbocycles. The van der Waals surface area contributed by atoms with E-state index in [1.807, 2.05) is 0 Å². The fourth-order valence-electron chi connectivity index (χ4n) is 8.91. The predicted octanol–water partition coefficient (Wildman–Crippen LogP) is -13.2.